The van der Waals surface area contributed by atoms with Gasteiger partial charge in [0.15, 0.2) is 0 Å². The maximum Gasteiger partial charge on any atom is 0.0866 e. The summed E-state index contributed by atoms with van der Waals surface area (Å²) >= 11 is 0. The van der Waals surface area contributed by atoms with Gasteiger partial charge in [0.1, 0.15) is 0 Å². The molecule has 0 aromatic rings. The molecule has 1 heterocycles. The zero-order chi connectivity index (χ0) is 16.2. The van der Waals surface area contributed by atoms with Gasteiger partial charge >= 0.3 is 0 Å². The van der Waals surface area contributed by atoms with Crippen LogP contribution in [-0.2, 0) is 17.1 Å². The van der Waals surface area contributed by atoms with E-state index in [1.165, 1.54) is 0 Å². The fourth-order valence-electron chi connectivity index (χ4n) is 2.72. The van der Waals surface area contributed by atoms with Gasteiger partial charge in [-0.15, -0.1) is 24.8 Å². The first-order chi connectivity index (χ1) is 10.7. The van der Waals surface area contributed by atoms with Gasteiger partial charge in [0, 0.05) is 56.3 Å². The van der Waals surface area contributed by atoms with Gasteiger partial charge < -0.3 is 9.80 Å². The van der Waals surface area contributed by atoms with E-state index < -0.39 is 0 Å². The normalized spacial score (nSPS) is 19.8. The molecule has 0 spiro atoms. The van der Waals surface area contributed by atoms with Crippen molar-refractivity contribution < 1.29 is 17.1 Å². The minimum Gasteiger partial charge on any atom is -0.305 e. The van der Waals surface area contributed by atoms with Crippen LogP contribution in [0.15, 0.2) is 0 Å². The monoisotopic (exact) mass is 441 g/mol. The second kappa shape index (κ2) is 18.7. The van der Waals surface area contributed by atoms with Gasteiger partial charge in [-0.1, -0.05) is 0 Å². The van der Waals surface area contributed by atoms with Crippen LogP contribution in [0.2, 0.25) is 0 Å². The number of hydrogen-bond donors (Lipinski definition) is 0. The van der Waals surface area contributed by atoms with Gasteiger partial charge in [-0.05, 0) is 40.0 Å². The number of halogens is 2. The summed E-state index contributed by atoms with van der Waals surface area (Å²) in [4.78, 5) is 9.15. The summed E-state index contributed by atoms with van der Waals surface area (Å²) in [6.45, 7) is 8.98. The van der Waals surface area contributed by atoms with E-state index in [1.54, 1.807) is 0 Å². The molecule has 6 nitrogen and oxygen atoms in total. The van der Waals surface area contributed by atoms with Gasteiger partial charge in [-0.25, -0.2) is 0 Å². The van der Waals surface area contributed by atoms with Crippen molar-refractivity contribution in [2.75, 3.05) is 79.5 Å². The van der Waals surface area contributed by atoms with Crippen molar-refractivity contribution in [2.24, 2.45) is 0 Å². The summed E-state index contributed by atoms with van der Waals surface area (Å²) in [6.07, 6.45) is 2.17. The first kappa shape index (κ1) is 29.7. The molecule has 0 N–H and O–H groups in total. The van der Waals surface area contributed by atoms with Crippen molar-refractivity contribution in [1.82, 2.24) is 19.6 Å². The summed E-state index contributed by atoms with van der Waals surface area (Å²) in [5, 5.41) is 17.9. The van der Waals surface area contributed by atoms with Crippen molar-refractivity contribution in [1.29, 1.82) is 10.5 Å². The summed E-state index contributed by atoms with van der Waals surface area (Å²) in [5.41, 5.74) is 0. The van der Waals surface area contributed by atoms with Crippen LogP contribution in [0.25, 0.3) is 0 Å². The fourth-order valence-corrected chi connectivity index (χ4v) is 2.72. The number of nitrogens with zero attached hydrogens (tertiary/aromatic N) is 6. The minimum atomic E-state index is 0. The number of likely N-dealkylation sites (N-methyl/N-ethyl adjacent to an activating group) is 2. The average Bonchev–Trinajstić information content (AvgIpc) is 2.49. The minimum absolute atomic E-state index is 0. The Bertz CT molecular complexity index is 352. The van der Waals surface area contributed by atoms with E-state index in [0.29, 0.717) is 13.1 Å². The van der Waals surface area contributed by atoms with Gasteiger partial charge in [-0.2, -0.15) is 10.5 Å². The summed E-state index contributed by atoms with van der Waals surface area (Å²) in [5.74, 6) is 0. The molecule has 0 aliphatic carbocycles. The first-order valence-electron chi connectivity index (χ1n) is 8.21. The van der Waals surface area contributed by atoms with Crippen LogP contribution in [0.4, 0.5) is 0 Å². The number of rotatable bonds is 2. The molecular weight excluding hydrogens is 411 g/mol. The third-order valence-corrected chi connectivity index (χ3v) is 4.21. The van der Waals surface area contributed by atoms with E-state index >= 15 is 0 Å². The molecule has 0 bridgehead atoms. The molecule has 1 fully saturated rings. The maximum absolute atomic E-state index is 8.94. The largest absolute Gasteiger partial charge is 0.305 e. The van der Waals surface area contributed by atoms with Crippen LogP contribution in [0.5, 0.6) is 0 Å². The summed E-state index contributed by atoms with van der Waals surface area (Å²) in [6, 6.07) is 4.55. The zero-order valence-electron chi connectivity index (χ0n) is 15.3. The molecule has 1 radical (unpaired) electrons. The van der Waals surface area contributed by atoms with Gasteiger partial charge in [-0.3, -0.25) is 9.80 Å². The smallest absolute Gasteiger partial charge is 0.0866 e. The molecule has 1 aliphatic rings. The van der Waals surface area contributed by atoms with Crippen LogP contribution in [0.3, 0.4) is 0 Å². The van der Waals surface area contributed by atoms with Crippen molar-refractivity contribution in [2.45, 2.75) is 12.8 Å². The van der Waals surface area contributed by atoms with Crippen molar-refractivity contribution in [3.05, 3.63) is 0 Å². The van der Waals surface area contributed by atoms with E-state index in [0.717, 1.165) is 65.2 Å². The van der Waals surface area contributed by atoms with E-state index in [2.05, 4.69) is 45.8 Å². The Morgan fingerprint density at radius 3 is 1.32 bits per heavy atom. The molecule has 151 valence electrons. The van der Waals surface area contributed by atoms with Crippen LogP contribution in [-0.4, -0.2) is 99.1 Å². The second-order valence-corrected chi connectivity index (χ2v) is 6.18. The third-order valence-electron chi connectivity index (χ3n) is 4.21. The molecule has 0 saturated carbocycles. The van der Waals surface area contributed by atoms with E-state index in [1.807, 2.05) is 0 Å². The summed E-state index contributed by atoms with van der Waals surface area (Å²) < 4.78 is 0. The standard InChI is InChI=1S/C16H30N6.2ClH.Cu/c1-19-7-3-9-22(12-6-18)16-14-20(2)8-4-10-21(11-5-17)15-13-19;;;/h3-4,7-16H2,1-2H3;2*1H;. The second-order valence-electron chi connectivity index (χ2n) is 6.18. The predicted octanol–water partition coefficient (Wildman–Crippen LogP) is 1.14. The predicted molar refractivity (Wildman–Crippen MR) is 103 cm³/mol. The third kappa shape index (κ3) is 14.7. The van der Waals surface area contributed by atoms with Gasteiger partial charge in [0.2, 0.25) is 0 Å². The van der Waals surface area contributed by atoms with Gasteiger partial charge in [0.05, 0.1) is 25.2 Å². The molecule has 1 rings (SSSR count). The quantitative estimate of drug-likeness (QED) is 0.472. The SMILES string of the molecule is CN1CCCN(CC#N)CCN(C)CCCN(CC#N)CC1.Cl.Cl.[Cu]. The molecular formula is C16H32Cl2CuN6. The van der Waals surface area contributed by atoms with Crippen molar-refractivity contribution >= 4 is 24.8 Å². The Balaban J connectivity index is -0.00000161. The Morgan fingerprint density at radius 1 is 0.640 bits per heavy atom. The molecule has 0 aromatic heterocycles. The molecule has 25 heavy (non-hydrogen) atoms. The molecule has 0 amide bonds. The first-order valence-corrected chi connectivity index (χ1v) is 8.21. The maximum atomic E-state index is 8.94. The van der Waals surface area contributed by atoms with Crippen LogP contribution >= 0.6 is 24.8 Å². The topological polar surface area (TPSA) is 60.5 Å². The summed E-state index contributed by atoms with van der Waals surface area (Å²) in [7, 11) is 4.28. The Hall–Kier alpha value is -0.0805. The molecule has 9 heteroatoms. The molecule has 1 aliphatic heterocycles. The van der Waals surface area contributed by atoms with E-state index in [4.69, 9.17) is 10.5 Å². The molecule has 0 atom stereocenters. The van der Waals surface area contributed by atoms with Crippen LogP contribution in [0.1, 0.15) is 12.8 Å². The van der Waals surface area contributed by atoms with Crippen molar-refractivity contribution in [3.63, 3.8) is 0 Å². The van der Waals surface area contributed by atoms with Crippen LogP contribution in [0, 0.1) is 22.7 Å². The van der Waals surface area contributed by atoms with E-state index in [-0.39, 0.29) is 41.9 Å². The average molecular weight is 443 g/mol. The van der Waals surface area contributed by atoms with Crippen molar-refractivity contribution in [3.8, 4) is 12.1 Å². The Labute approximate surface area is 176 Å². The zero-order valence-corrected chi connectivity index (χ0v) is 17.9. The molecule has 1 saturated heterocycles. The van der Waals surface area contributed by atoms with Gasteiger partial charge in [0.25, 0.3) is 0 Å². The molecule has 0 aromatic carbocycles. The van der Waals surface area contributed by atoms with E-state index in [9.17, 15) is 0 Å². The fraction of sp³-hybridized carbons (Fsp3) is 0.875. The number of nitriles is 2. The molecule has 0 unspecified atom stereocenters. The Kier molecular flexibility index (Phi) is 22.2. The number of hydrogen-bond acceptors (Lipinski definition) is 6. The van der Waals surface area contributed by atoms with Crippen LogP contribution < -0.4 is 0 Å². The Morgan fingerprint density at radius 2 is 1.00 bits per heavy atom.